The molecule has 1 unspecified atom stereocenters. The largest absolute Gasteiger partial charge is 0.504 e. The Morgan fingerprint density at radius 1 is 1.32 bits per heavy atom. The first-order valence-electron chi connectivity index (χ1n) is 8.54. The molecule has 0 aliphatic heterocycles. The van der Waals surface area contributed by atoms with Gasteiger partial charge in [0.2, 0.25) is 0 Å². The lowest BCUT2D eigenvalue weighted by atomic mass is 10.1. The van der Waals surface area contributed by atoms with Gasteiger partial charge in [0.1, 0.15) is 0 Å². The standard InChI is InChI=1S/C19H27N3O2S/c1-4-20-19(22-12-14(2)16-8-10-25-13-16)21-9-7-15-5-6-17(23)18(11-15)24-3/h5-6,8,10-11,13-14,23H,4,7,9,12H2,1-3H3,(H2,20,21,22). The Morgan fingerprint density at radius 3 is 2.84 bits per heavy atom. The van der Waals surface area contributed by atoms with Gasteiger partial charge in [-0.25, -0.2) is 0 Å². The molecule has 2 aromatic rings. The van der Waals surface area contributed by atoms with E-state index in [2.05, 4.69) is 46.3 Å². The summed E-state index contributed by atoms with van der Waals surface area (Å²) in [6, 6.07) is 7.58. The number of thiophene rings is 1. The van der Waals surface area contributed by atoms with Crippen molar-refractivity contribution in [3.8, 4) is 11.5 Å². The van der Waals surface area contributed by atoms with Gasteiger partial charge >= 0.3 is 0 Å². The number of benzene rings is 1. The molecule has 0 saturated heterocycles. The van der Waals surface area contributed by atoms with Crippen LogP contribution in [0, 0.1) is 0 Å². The minimum absolute atomic E-state index is 0.163. The Balaban J connectivity index is 1.87. The third-order valence-electron chi connectivity index (χ3n) is 3.93. The number of aromatic hydroxyl groups is 1. The molecule has 3 N–H and O–H groups in total. The molecule has 2 rings (SSSR count). The fourth-order valence-corrected chi connectivity index (χ4v) is 3.22. The fourth-order valence-electron chi connectivity index (χ4n) is 2.43. The summed E-state index contributed by atoms with van der Waals surface area (Å²) in [6.45, 7) is 6.58. The average molecular weight is 362 g/mol. The highest BCUT2D eigenvalue weighted by molar-refractivity contribution is 7.07. The lowest BCUT2D eigenvalue weighted by molar-refractivity contribution is 0.373. The second kappa shape index (κ2) is 9.93. The Bertz CT molecular complexity index is 671. The molecular formula is C19H27N3O2S. The number of phenols is 1. The van der Waals surface area contributed by atoms with E-state index in [0.717, 1.165) is 37.6 Å². The van der Waals surface area contributed by atoms with Gasteiger partial charge in [-0.1, -0.05) is 13.0 Å². The Kier molecular flexibility index (Phi) is 7.60. The summed E-state index contributed by atoms with van der Waals surface area (Å²) in [6.07, 6.45) is 0.821. The number of phenolic OH excluding ortho intramolecular Hbond substituents is 1. The molecule has 25 heavy (non-hydrogen) atoms. The molecule has 0 spiro atoms. The van der Waals surface area contributed by atoms with E-state index in [4.69, 9.17) is 4.74 Å². The van der Waals surface area contributed by atoms with Crippen molar-refractivity contribution in [3.05, 3.63) is 46.2 Å². The summed E-state index contributed by atoms with van der Waals surface area (Å²) in [5, 5.41) is 20.6. The number of methoxy groups -OCH3 is 1. The minimum Gasteiger partial charge on any atom is -0.504 e. The topological polar surface area (TPSA) is 65.9 Å². The molecule has 1 heterocycles. The van der Waals surface area contributed by atoms with Crippen LogP contribution >= 0.6 is 11.3 Å². The van der Waals surface area contributed by atoms with E-state index in [1.165, 1.54) is 5.56 Å². The van der Waals surface area contributed by atoms with E-state index < -0.39 is 0 Å². The SMILES string of the molecule is CCNC(=NCC(C)c1ccsc1)NCCc1ccc(O)c(OC)c1. The summed E-state index contributed by atoms with van der Waals surface area (Å²) >= 11 is 1.72. The molecule has 0 amide bonds. The van der Waals surface area contributed by atoms with Crippen LogP contribution < -0.4 is 15.4 Å². The number of rotatable bonds is 8. The van der Waals surface area contributed by atoms with Crippen molar-refractivity contribution < 1.29 is 9.84 Å². The zero-order valence-electron chi connectivity index (χ0n) is 15.1. The quantitative estimate of drug-likeness (QED) is 0.498. The van der Waals surface area contributed by atoms with Gasteiger partial charge < -0.3 is 20.5 Å². The molecule has 6 heteroatoms. The van der Waals surface area contributed by atoms with Crippen LogP contribution in [0.2, 0.25) is 0 Å². The lowest BCUT2D eigenvalue weighted by Gasteiger charge is -2.13. The number of guanidine groups is 1. The van der Waals surface area contributed by atoms with Gasteiger partial charge in [-0.05, 0) is 53.4 Å². The number of nitrogens with one attached hydrogen (secondary N) is 2. The monoisotopic (exact) mass is 361 g/mol. The molecular weight excluding hydrogens is 334 g/mol. The maximum Gasteiger partial charge on any atom is 0.191 e. The summed E-state index contributed by atoms with van der Waals surface area (Å²) in [7, 11) is 1.56. The van der Waals surface area contributed by atoms with E-state index in [1.54, 1.807) is 24.5 Å². The van der Waals surface area contributed by atoms with Crippen molar-refractivity contribution >= 4 is 17.3 Å². The Labute approximate surface area is 153 Å². The Hall–Kier alpha value is -2.21. The maximum absolute atomic E-state index is 9.65. The number of nitrogens with zero attached hydrogens (tertiary/aromatic N) is 1. The molecule has 1 atom stereocenters. The van der Waals surface area contributed by atoms with E-state index in [9.17, 15) is 5.11 Å². The molecule has 0 aliphatic rings. The van der Waals surface area contributed by atoms with Crippen molar-refractivity contribution in [1.82, 2.24) is 10.6 Å². The van der Waals surface area contributed by atoms with Crippen LogP contribution in [-0.4, -0.2) is 37.8 Å². The van der Waals surface area contributed by atoms with Crippen LogP contribution in [0.25, 0.3) is 0 Å². The van der Waals surface area contributed by atoms with Crippen LogP contribution in [0.1, 0.15) is 30.9 Å². The van der Waals surface area contributed by atoms with Crippen LogP contribution in [0.3, 0.4) is 0 Å². The molecule has 0 bridgehead atoms. The molecule has 1 aromatic heterocycles. The fraction of sp³-hybridized carbons (Fsp3) is 0.421. The number of hydrogen-bond donors (Lipinski definition) is 3. The van der Waals surface area contributed by atoms with E-state index in [0.29, 0.717) is 11.7 Å². The summed E-state index contributed by atoms with van der Waals surface area (Å²) < 4.78 is 5.15. The van der Waals surface area contributed by atoms with E-state index >= 15 is 0 Å². The molecule has 0 aliphatic carbocycles. The molecule has 1 aromatic carbocycles. The maximum atomic E-state index is 9.65. The molecule has 136 valence electrons. The van der Waals surface area contributed by atoms with Crippen molar-refractivity contribution in [3.63, 3.8) is 0 Å². The molecule has 0 saturated carbocycles. The van der Waals surface area contributed by atoms with Gasteiger partial charge in [0, 0.05) is 25.6 Å². The highest BCUT2D eigenvalue weighted by Gasteiger charge is 2.06. The van der Waals surface area contributed by atoms with Gasteiger partial charge in [-0.3, -0.25) is 4.99 Å². The smallest absolute Gasteiger partial charge is 0.191 e. The van der Waals surface area contributed by atoms with Gasteiger partial charge in [0.05, 0.1) is 7.11 Å². The predicted molar refractivity (Wildman–Crippen MR) is 105 cm³/mol. The lowest BCUT2D eigenvalue weighted by Crippen LogP contribution is -2.38. The number of aliphatic imine (C=N–C) groups is 1. The third-order valence-corrected chi connectivity index (χ3v) is 4.63. The Morgan fingerprint density at radius 2 is 2.16 bits per heavy atom. The zero-order valence-corrected chi connectivity index (χ0v) is 15.9. The second-order valence-corrected chi connectivity index (χ2v) is 6.64. The minimum atomic E-state index is 0.163. The summed E-state index contributed by atoms with van der Waals surface area (Å²) in [5.74, 6) is 1.90. The first-order chi connectivity index (χ1) is 12.1. The highest BCUT2D eigenvalue weighted by atomic mass is 32.1. The number of hydrogen-bond acceptors (Lipinski definition) is 4. The summed E-state index contributed by atoms with van der Waals surface area (Å²) in [4.78, 5) is 4.68. The van der Waals surface area contributed by atoms with Crippen molar-refractivity contribution in [2.45, 2.75) is 26.2 Å². The van der Waals surface area contributed by atoms with Crippen molar-refractivity contribution in [2.24, 2.45) is 4.99 Å². The van der Waals surface area contributed by atoms with Crippen LogP contribution in [0.15, 0.2) is 40.0 Å². The second-order valence-electron chi connectivity index (χ2n) is 5.86. The van der Waals surface area contributed by atoms with Crippen molar-refractivity contribution in [2.75, 3.05) is 26.7 Å². The van der Waals surface area contributed by atoms with Gasteiger partial charge in [0.25, 0.3) is 0 Å². The normalized spacial score (nSPS) is 12.7. The van der Waals surface area contributed by atoms with Gasteiger partial charge in [-0.15, -0.1) is 0 Å². The first-order valence-corrected chi connectivity index (χ1v) is 9.48. The predicted octanol–water partition coefficient (Wildman–Crippen LogP) is 3.36. The van der Waals surface area contributed by atoms with Crippen LogP contribution in [0.5, 0.6) is 11.5 Å². The van der Waals surface area contributed by atoms with Crippen LogP contribution in [0.4, 0.5) is 0 Å². The van der Waals surface area contributed by atoms with E-state index in [-0.39, 0.29) is 5.75 Å². The van der Waals surface area contributed by atoms with Crippen LogP contribution in [-0.2, 0) is 6.42 Å². The molecule has 0 radical (unpaired) electrons. The highest BCUT2D eigenvalue weighted by Crippen LogP contribution is 2.26. The first kappa shape index (κ1) is 19.1. The summed E-state index contributed by atoms with van der Waals surface area (Å²) in [5.41, 5.74) is 2.44. The molecule has 5 nitrogen and oxygen atoms in total. The average Bonchev–Trinajstić information content (AvgIpc) is 3.15. The van der Waals surface area contributed by atoms with Gasteiger partial charge in [-0.2, -0.15) is 11.3 Å². The van der Waals surface area contributed by atoms with Gasteiger partial charge in [0.15, 0.2) is 17.5 Å². The number of ether oxygens (including phenoxy) is 1. The third kappa shape index (κ3) is 5.98. The van der Waals surface area contributed by atoms with E-state index in [1.807, 2.05) is 12.1 Å². The van der Waals surface area contributed by atoms with Crippen molar-refractivity contribution in [1.29, 1.82) is 0 Å². The zero-order chi connectivity index (χ0) is 18.1. The molecule has 0 fully saturated rings.